The third-order valence-electron chi connectivity index (χ3n) is 2.73. The number of hydrogen-bond acceptors (Lipinski definition) is 5. The first-order valence-electron chi connectivity index (χ1n) is 5.81. The van der Waals surface area contributed by atoms with Gasteiger partial charge in [-0.25, -0.2) is 0 Å². The van der Waals surface area contributed by atoms with E-state index in [1.807, 2.05) is 6.07 Å². The number of carbonyl (C=O) groups is 1. The maximum atomic E-state index is 12.0. The fraction of sp³-hybridized carbons (Fsp3) is 0. The predicted octanol–water partition coefficient (Wildman–Crippen LogP) is 2.42. The highest BCUT2D eigenvalue weighted by molar-refractivity contribution is 6.06. The number of nitriles is 1. The maximum Gasteiger partial charge on any atom is 0.296 e. The molecule has 0 atom stereocenters. The van der Waals surface area contributed by atoms with E-state index in [1.165, 1.54) is 42.5 Å². The zero-order valence-electron chi connectivity index (χ0n) is 10.6. The van der Waals surface area contributed by atoms with E-state index in [9.17, 15) is 20.0 Å². The molecule has 0 saturated heterocycles. The molecule has 0 spiro atoms. The van der Waals surface area contributed by atoms with Crippen LogP contribution in [0.2, 0.25) is 0 Å². The van der Waals surface area contributed by atoms with Gasteiger partial charge >= 0.3 is 0 Å². The standard InChI is InChI=1S/C14H9N3O4/c15-8-9-4-6-10(7-5-9)14(19)16-13-11(17(20)21)2-1-3-12(13)18/h1-7,18H,(H,16,19). The molecule has 0 saturated carbocycles. The van der Waals surface area contributed by atoms with Crippen LogP contribution in [0.1, 0.15) is 15.9 Å². The highest BCUT2D eigenvalue weighted by Crippen LogP contribution is 2.33. The number of nitro groups is 1. The number of hydrogen-bond donors (Lipinski definition) is 2. The molecule has 0 aromatic heterocycles. The van der Waals surface area contributed by atoms with Crippen LogP contribution in [0.5, 0.6) is 5.75 Å². The summed E-state index contributed by atoms with van der Waals surface area (Å²) in [4.78, 5) is 22.2. The topological polar surface area (TPSA) is 116 Å². The Kier molecular flexibility index (Phi) is 3.81. The number of phenols is 1. The van der Waals surface area contributed by atoms with Gasteiger partial charge in [-0.3, -0.25) is 14.9 Å². The Morgan fingerprint density at radius 3 is 2.48 bits per heavy atom. The van der Waals surface area contributed by atoms with Gasteiger partial charge in [-0.15, -0.1) is 0 Å². The lowest BCUT2D eigenvalue weighted by molar-refractivity contribution is -0.384. The van der Waals surface area contributed by atoms with E-state index in [0.717, 1.165) is 0 Å². The van der Waals surface area contributed by atoms with Crippen LogP contribution in [-0.4, -0.2) is 15.9 Å². The summed E-state index contributed by atoms with van der Waals surface area (Å²) in [7, 11) is 0. The summed E-state index contributed by atoms with van der Waals surface area (Å²) < 4.78 is 0. The van der Waals surface area contributed by atoms with Crippen LogP contribution < -0.4 is 5.32 Å². The third kappa shape index (κ3) is 2.96. The predicted molar refractivity (Wildman–Crippen MR) is 73.9 cm³/mol. The molecule has 7 heteroatoms. The van der Waals surface area contributed by atoms with Gasteiger partial charge in [0.2, 0.25) is 0 Å². The monoisotopic (exact) mass is 283 g/mol. The number of rotatable bonds is 3. The molecule has 0 heterocycles. The second-order valence-corrected chi connectivity index (χ2v) is 4.07. The molecule has 0 aliphatic carbocycles. The van der Waals surface area contributed by atoms with Crippen molar-refractivity contribution >= 4 is 17.3 Å². The number of benzene rings is 2. The van der Waals surface area contributed by atoms with Crippen molar-refractivity contribution in [3.05, 3.63) is 63.7 Å². The number of carbonyl (C=O) groups excluding carboxylic acids is 1. The van der Waals surface area contributed by atoms with Crippen molar-refractivity contribution < 1.29 is 14.8 Å². The van der Waals surface area contributed by atoms with Gasteiger partial charge < -0.3 is 10.4 Å². The van der Waals surface area contributed by atoms with Crippen molar-refractivity contribution in [2.24, 2.45) is 0 Å². The van der Waals surface area contributed by atoms with Gasteiger partial charge in [0.05, 0.1) is 16.6 Å². The van der Waals surface area contributed by atoms with E-state index < -0.39 is 22.3 Å². The van der Waals surface area contributed by atoms with Crippen molar-refractivity contribution in [2.75, 3.05) is 5.32 Å². The van der Waals surface area contributed by atoms with Gasteiger partial charge in [0.1, 0.15) is 5.75 Å². The number of aromatic hydroxyl groups is 1. The lowest BCUT2D eigenvalue weighted by Crippen LogP contribution is -2.13. The minimum absolute atomic E-state index is 0.214. The molecule has 0 fully saturated rings. The number of amides is 1. The zero-order chi connectivity index (χ0) is 15.4. The van der Waals surface area contributed by atoms with E-state index in [4.69, 9.17) is 5.26 Å². The van der Waals surface area contributed by atoms with Crippen LogP contribution in [-0.2, 0) is 0 Å². The lowest BCUT2D eigenvalue weighted by atomic mass is 10.1. The summed E-state index contributed by atoms with van der Waals surface area (Å²) >= 11 is 0. The van der Waals surface area contributed by atoms with Gasteiger partial charge in [0.25, 0.3) is 11.6 Å². The Labute approximate surface area is 119 Å². The third-order valence-corrected chi connectivity index (χ3v) is 2.73. The molecule has 0 bridgehead atoms. The summed E-state index contributed by atoms with van der Waals surface area (Å²) in [6.07, 6.45) is 0. The highest BCUT2D eigenvalue weighted by Gasteiger charge is 2.20. The van der Waals surface area contributed by atoms with Crippen molar-refractivity contribution in [2.45, 2.75) is 0 Å². The summed E-state index contributed by atoms with van der Waals surface area (Å²) in [5, 5.41) is 31.5. The number of para-hydroxylation sites is 1. The largest absolute Gasteiger partial charge is 0.505 e. The molecular formula is C14H9N3O4. The first-order chi connectivity index (χ1) is 10.0. The molecule has 0 radical (unpaired) electrons. The van der Waals surface area contributed by atoms with Crippen LogP contribution >= 0.6 is 0 Å². The second kappa shape index (κ2) is 5.71. The molecule has 0 unspecified atom stereocenters. The van der Waals surface area contributed by atoms with Crippen molar-refractivity contribution in [1.29, 1.82) is 5.26 Å². The number of nitro benzene ring substituents is 1. The van der Waals surface area contributed by atoms with Gasteiger partial charge in [-0.1, -0.05) is 6.07 Å². The van der Waals surface area contributed by atoms with Crippen LogP contribution in [0, 0.1) is 21.4 Å². The summed E-state index contributed by atoms with van der Waals surface area (Å²) in [6, 6.07) is 11.4. The van der Waals surface area contributed by atoms with E-state index >= 15 is 0 Å². The highest BCUT2D eigenvalue weighted by atomic mass is 16.6. The summed E-state index contributed by atoms with van der Waals surface area (Å²) in [6.45, 7) is 0. The summed E-state index contributed by atoms with van der Waals surface area (Å²) in [5.74, 6) is -1.02. The lowest BCUT2D eigenvalue weighted by Gasteiger charge is -2.07. The Hall–Kier alpha value is -3.40. The SMILES string of the molecule is N#Cc1ccc(C(=O)Nc2c(O)cccc2[N+](=O)[O-])cc1. The van der Waals surface area contributed by atoms with Crippen molar-refractivity contribution in [1.82, 2.24) is 0 Å². The molecule has 0 aliphatic heterocycles. The number of nitrogens with zero attached hydrogens (tertiary/aromatic N) is 2. The fourth-order valence-electron chi connectivity index (χ4n) is 1.69. The van der Waals surface area contributed by atoms with Crippen molar-refractivity contribution in [3.8, 4) is 11.8 Å². The first-order valence-corrected chi connectivity index (χ1v) is 5.81. The van der Waals surface area contributed by atoms with Crippen LogP contribution in [0.3, 0.4) is 0 Å². The summed E-state index contributed by atoms with van der Waals surface area (Å²) in [5.41, 5.74) is -0.0690. The normalized spacial score (nSPS) is 9.67. The average molecular weight is 283 g/mol. The fourth-order valence-corrected chi connectivity index (χ4v) is 1.69. The molecule has 7 nitrogen and oxygen atoms in total. The Bertz CT molecular complexity index is 748. The molecule has 0 aliphatic rings. The Morgan fingerprint density at radius 2 is 1.90 bits per heavy atom. The molecule has 2 aromatic carbocycles. The minimum atomic E-state index is -0.700. The average Bonchev–Trinajstić information content (AvgIpc) is 2.49. The molecule has 2 N–H and O–H groups in total. The van der Waals surface area contributed by atoms with E-state index in [1.54, 1.807) is 0 Å². The van der Waals surface area contributed by atoms with Gasteiger partial charge in [0, 0.05) is 11.6 Å². The quantitative estimate of drug-likeness (QED) is 0.509. The molecular weight excluding hydrogens is 274 g/mol. The van der Waals surface area contributed by atoms with Gasteiger partial charge in [0.15, 0.2) is 5.69 Å². The molecule has 2 rings (SSSR count). The molecule has 1 amide bonds. The Morgan fingerprint density at radius 1 is 1.24 bits per heavy atom. The zero-order valence-corrected chi connectivity index (χ0v) is 10.6. The maximum absolute atomic E-state index is 12.0. The number of anilines is 1. The second-order valence-electron chi connectivity index (χ2n) is 4.07. The van der Waals surface area contributed by atoms with Crippen LogP contribution in [0.4, 0.5) is 11.4 Å². The van der Waals surface area contributed by atoms with E-state index in [0.29, 0.717) is 5.56 Å². The smallest absolute Gasteiger partial charge is 0.296 e. The number of phenolic OH excluding ortho intramolecular Hbond substituents is 1. The van der Waals surface area contributed by atoms with Crippen LogP contribution in [0.15, 0.2) is 42.5 Å². The Balaban J connectivity index is 2.31. The number of nitrogens with one attached hydrogen (secondary N) is 1. The first kappa shape index (κ1) is 14.0. The molecule has 104 valence electrons. The molecule has 21 heavy (non-hydrogen) atoms. The molecule has 2 aromatic rings. The minimum Gasteiger partial charge on any atom is -0.505 e. The van der Waals surface area contributed by atoms with Gasteiger partial charge in [-0.05, 0) is 30.3 Å². The van der Waals surface area contributed by atoms with Crippen LogP contribution in [0.25, 0.3) is 0 Å². The van der Waals surface area contributed by atoms with E-state index in [-0.39, 0.29) is 11.3 Å². The van der Waals surface area contributed by atoms with Gasteiger partial charge in [-0.2, -0.15) is 5.26 Å². The van der Waals surface area contributed by atoms with E-state index in [2.05, 4.69) is 5.32 Å². The van der Waals surface area contributed by atoms with Crippen molar-refractivity contribution in [3.63, 3.8) is 0 Å².